The quantitative estimate of drug-likeness (QED) is 0.208. The van der Waals surface area contributed by atoms with Gasteiger partial charge in [-0.2, -0.15) is 0 Å². The molecule has 2 fully saturated rings. The number of Topliss-reactive ketones (excluding diaryl/α,β-unsaturated/α-hetero) is 2. The number of aliphatic hydroxyl groups excluding tert-OH is 1. The lowest BCUT2D eigenvalue weighted by Crippen LogP contribution is -2.42. The highest BCUT2D eigenvalue weighted by Gasteiger charge is 2.59. The summed E-state index contributed by atoms with van der Waals surface area (Å²) in [6.45, 7) is 0. The molecule has 1 heterocycles. The number of aliphatic hydroxyl groups is 2. The summed E-state index contributed by atoms with van der Waals surface area (Å²) < 4.78 is 5.35. The number of hydrogen-bond donors (Lipinski definition) is 4. The highest BCUT2D eigenvalue weighted by atomic mass is 16.6. The van der Waals surface area contributed by atoms with Crippen LogP contribution in [0.2, 0.25) is 0 Å². The third kappa shape index (κ3) is 6.93. The average molecular weight is 521 g/mol. The number of carbonyl (C=O) groups is 4. The Bertz CT molecular complexity index is 1200. The predicted molar refractivity (Wildman–Crippen MR) is 139 cm³/mol. The van der Waals surface area contributed by atoms with E-state index in [2.05, 4.69) is 16.7 Å². The van der Waals surface area contributed by atoms with Gasteiger partial charge in [0, 0.05) is 25.0 Å². The first-order chi connectivity index (χ1) is 18.3. The average Bonchev–Trinajstić information content (AvgIpc) is 3.66. The number of hydrogen-bond acceptors (Lipinski definition) is 7. The van der Waals surface area contributed by atoms with Crippen LogP contribution in [0.5, 0.6) is 0 Å². The summed E-state index contributed by atoms with van der Waals surface area (Å²) in [6.07, 6.45) is 21.8. The summed E-state index contributed by atoms with van der Waals surface area (Å²) in [7, 11) is 0. The molecule has 0 spiro atoms. The number of rotatable bonds is 9. The molecule has 0 radical (unpaired) electrons. The van der Waals surface area contributed by atoms with Crippen LogP contribution >= 0.6 is 0 Å². The molecule has 2 amide bonds. The number of ketones is 2. The molecule has 4 rings (SSSR count). The molecule has 1 saturated carbocycles. The second kappa shape index (κ2) is 12.1. The van der Waals surface area contributed by atoms with E-state index in [9.17, 15) is 29.4 Å². The van der Waals surface area contributed by atoms with E-state index in [0.29, 0.717) is 5.92 Å². The fourth-order valence-corrected chi connectivity index (χ4v) is 4.74. The van der Waals surface area contributed by atoms with E-state index < -0.39 is 29.6 Å². The Labute approximate surface area is 221 Å². The molecule has 3 atom stereocenters. The van der Waals surface area contributed by atoms with Crippen LogP contribution in [0.1, 0.15) is 44.9 Å². The minimum absolute atomic E-state index is 0.0265. The summed E-state index contributed by atoms with van der Waals surface area (Å²) in [4.78, 5) is 48.3. The number of epoxide rings is 1. The highest BCUT2D eigenvalue weighted by Crippen LogP contribution is 2.40. The molecule has 3 aliphatic carbocycles. The van der Waals surface area contributed by atoms with Gasteiger partial charge < -0.3 is 25.6 Å². The van der Waals surface area contributed by atoms with Gasteiger partial charge in [0.2, 0.25) is 17.6 Å². The lowest BCUT2D eigenvalue weighted by molar-refractivity contribution is -0.121. The number of carbonyl (C=O) groups excluding carboxylic acids is 4. The number of amides is 2. The van der Waals surface area contributed by atoms with Gasteiger partial charge in [-0.25, -0.2) is 0 Å². The molecule has 9 heteroatoms. The van der Waals surface area contributed by atoms with Crippen LogP contribution in [-0.4, -0.2) is 51.4 Å². The van der Waals surface area contributed by atoms with Gasteiger partial charge in [0.25, 0.3) is 0 Å². The molecule has 0 aromatic rings. The first-order valence-electron chi connectivity index (χ1n) is 12.9. The number of fused-ring (bicyclic) bond motifs is 1. The molecule has 0 unspecified atom stereocenters. The maximum atomic E-state index is 12.5. The molecule has 4 N–H and O–H groups in total. The fraction of sp³-hybridized carbons (Fsp3) is 0.379. The van der Waals surface area contributed by atoms with Crippen LogP contribution < -0.4 is 10.6 Å². The van der Waals surface area contributed by atoms with Crippen LogP contribution in [0, 0.1) is 5.92 Å². The highest BCUT2D eigenvalue weighted by molar-refractivity contribution is 6.06. The molecule has 1 aliphatic heterocycles. The number of ether oxygens (including phenoxy) is 1. The van der Waals surface area contributed by atoms with E-state index in [1.807, 2.05) is 6.08 Å². The minimum atomic E-state index is -1.59. The summed E-state index contributed by atoms with van der Waals surface area (Å²) in [6, 6.07) is 0. The third-order valence-electron chi connectivity index (χ3n) is 6.85. The van der Waals surface area contributed by atoms with Crippen LogP contribution in [0.25, 0.3) is 0 Å². The first-order valence-corrected chi connectivity index (χ1v) is 12.9. The zero-order chi connectivity index (χ0) is 27.1. The van der Waals surface area contributed by atoms with Crippen molar-refractivity contribution in [2.75, 3.05) is 0 Å². The Morgan fingerprint density at radius 2 is 1.61 bits per heavy atom. The van der Waals surface area contributed by atoms with Gasteiger partial charge in [-0.1, -0.05) is 61.8 Å². The zero-order valence-corrected chi connectivity index (χ0v) is 21.0. The first kappa shape index (κ1) is 27.2. The second-order valence-electron chi connectivity index (χ2n) is 9.76. The van der Waals surface area contributed by atoms with Crippen molar-refractivity contribution in [3.05, 3.63) is 84.0 Å². The largest absolute Gasteiger partial charge is 0.510 e. The molecule has 200 valence electrons. The Kier molecular flexibility index (Phi) is 8.70. The van der Waals surface area contributed by atoms with Crippen molar-refractivity contribution < 1.29 is 34.1 Å². The van der Waals surface area contributed by atoms with Gasteiger partial charge in [-0.05, 0) is 30.9 Å². The Balaban J connectivity index is 1.30. The van der Waals surface area contributed by atoms with Crippen molar-refractivity contribution in [3.8, 4) is 0 Å². The van der Waals surface area contributed by atoms with E-state index in [1.54, 1.807) is 12.2 Å². The summed E-state index contributed by atoms with van der Waals surface area (Å²) >= 11 is 0. The van der Waals surface area contributed by atoms with Gasteiger partial charge in [-0.3, -0.25) is 19.2 Å². The molecule has 9 nitrogen and oxygen atoms in total. The standard InChI is InChI=1S/C29H32N2O7/c32-21-15-16-22(33)25(21)31-24(35)13-6-1-2-9-17-29(37)18-20(26(36)27-28(29)38-27)30-23(34)14-8-7-12-19-10-4-3-5-11-19/h1-2,6-9,12-14,17-19,27-28,32,37H,3-5,10-11,15-16H2,(H,30,34)(H,31,35)/b2-1+,12-7+,13-6+,14-8+,17-9+/t27-,28-,29-/m1/s1. The van der Waals surface area contributed by atoms with Gasteiger partial charge >= 0.3 is 0 Å². The third-order valence-corrected chi connectivity index (χ3v) is 6.85. The van der Waals surface area contributed by atoms with E-state index in [0.717, 1.165) is 0 Å². The van der Waals surface area contributed by atoms with Crippen molar-refractivity contribution >= 4 is 23.4 Å². The SMILES string of the molecule is O=C(/C=C/C=C/C1CCCCC1)NC1=C[C@](O)(/C=C/C=C/C=C/C(=O)NC2=C(O)CCC2=O)[C@@H]2O[C@@H]2C1=O. The lowest BCUT2D eigenvalue weighted by Gasteiger charge is -2.23. The van der Waals surface area contributed by atoms with Crippen LogP contribution in [-0.2, 0) is 23.9 Å². The summed E-state index contributed by atoms with van der Waals surface area (Å²) in [5.41, 5.74) is -1.69. The molecular weight excluding hydrogens is 488 g/mol. The molecular formula is C29H32N2O7. The van der Waals surface area contributed by atoms with E-state index in [4.69, 9.17) is 4.74 Å². The van der Waals surface area contributed by atoms with Gasteiger partial charge in [0.05, 0.1) is 5.70 Å². The van der Waals surface area contributed by atoms with Gasteiger partial charge in [0.1, 0.15) is 23.2 Å². The smallest absolute Gasteiger partial charge is 0.248 e. The van der Waals surface area contributed by atoms with Crippen LogP contribution in [0.3, 0.4) is 0 Å². The Morgan fingerprint density at radius 3 is 2.32 bits per heavy atom. The summed E-state index contributed by atoms with van der Waals surface area (Å²) in [5.74, 6) is -1.32. The molecule has 38 heavy (non-hydrogen) atoms. The van der Waals surface area contributed by atoms with E-state index >= 15 is 0 Å². The Hall–Kier alpha value is -3.82. The monoisotopic (exact) mass is 520 g/mol. The zero-order valence-electron chi connectivity index (χ0n) is 21.0. The maximum absolute atomic E-state index is 12.5. The topological polar surface area (TPSA) is 145 Å². The minimum Gasteiger partial charge on any atom is -0.510 e. The van der Waals surface area contributed by atoms with Crippen molar-refractivity contribution in [1.82, 2.24) is 10.6 Å². The van der Waals surface area contributed by atoms with E-state index in [-0.39, 0.29) is 41.6 Å². The number of nitrogens with one attached hydrogen (secondary N) is 2. The predicted octanol–water partition coefficient (Wildman–Crippen LogP) is 2.68. The van der Waals surface area contributed by atoms with Crippen molar-refractivity contribution in [2.24, 2.45) is 5.92 Å². The molecule has 1 saturated heterocycles. The van der Waals surface area contributed by atoms with Crippen molar-refractivity contribution in [2.45, 2.75) is 62.8 Å². The number of allylic oxidation sites excluding steroid dienone is 9. The molecule has 0 aromatic carbocycles. The summed E-state index contributed by atoms with van der Waals surface area (Å²) in [5, 5.41) is 25.5. The Morgan fingerprint density at radius 1 is 0.921 bits per heavy atom. The van der Waals surface area contributed by atoms with E-state index in [1.165, 1.54) is 74.6 Å². The van der Waals surface area contributed by atoms with Gasteiger partial charge in [0.15, 0.2) is 11.9 Å². The maximum Gasteiger partial charge on any atom is 0.248 e. The molecule has 0 aromatic heterocycles. The molecule has 0 bridgehead atoms. The fourth-order valence-electron chi connectivity index (χ4n) is 4.74. The molecule has 4 aliphatic rings. The second-order valence-corrected chi connectivity index (χ2v) is 9.76. The van der Waals surface area contributed by atoms with Crippen molar-refractivity contribution in [3.63, 3.8) is 0 Å². The van der Waals surface area contributed by atoms with Gasteiger partial charge in [-0.15, -0.1) is 0 Å². The normalized spacial score (nSPS) is 28.3. The lowest BCUT2D eigenvalue weighted by atomic mass is 9.88. The van der Waals surface area contributed by atoms with Crippen molar-refractivity contribution in [1.29, 1.82) is 0 Å². The van der Waals surface area contributed by atoms with Crippen LogP contribution in [0.15, 0.2) is 84.0 Å². The van der Waals surface area contributed by atoms with Crippen LogP contribution in [0.4, 0.5) is 0 Å².